The van der Waals surface area contributed by atoms with Gasteiger partial charge in [-0.1, -0.05) is 56.2 Å². The van der Waals surface area contributed by atoms with Crippen LogP contribution in [0.2, 0.25) is 0 Å². The largest absolute Gasteiger partial charge is 0.472 e. The minimum atomic E-state index is 0.412. The van der Waals surface area contributed by atoms with Crippen molar-refractivity contribution in [3.63, 3.8) is 0 Å². The third-order valence-electron chi connectivity index (χ3n) is 5.54. The van der Waals surface area contributed by atoms with Crippen molar-refractivity contribution in [2.45, 2.75) is 61.3 Å². The van der Waals surface area contributed by atoms with Gasteiger partial charge in [0.1, 0.15) is 6.61 Å². The highest BCUT2D eigenvalue weighted by atomic mass is 16.5. The first kappa shape index (κ1) is 22.0. The fourth-order valence-corrected chi connectivity index (χ4v) is 4.36. The number of allylic oxidation sites excluding steroid dienone is 7. The van der Waals surface area contributed by atoms with Gasteiger partial charge in [-0.15, -0.1) is 0 Å². The standard InChI is InChI=1S/C25H29NO2.C2H6/c1-16-7-6-12-27-25-22(11-9-16)28-23-15-17(2)8-10-21(23)26(25)24-19(4)13-18(3)14-20(24)5;1-2/h6-10,13,15,20H,11-12,14H2,1-5H3;1-2H3/b7-6-,16-9-;. The van der Waals surface area contributed by atoms with Crippen LogP contribution in [-0.4, -0.2) is 6.61 Å². The van der Waals surface area contributed by atoms with Gasteiger partial charge in [-0.25, -0.2) is 0 Å². The highest BCUT2D eigenvalue weighted by Crippen LogP contribution is 2.45. The topological polar surface area (TPSA) is 21.7 Å². The van der Waals surface area contributed by atoms with Gasteiger partial charge < -0.3 is 9.47 Å². The number of fused-ring (bicyclic) bond motifs is 1. The van der Waals surface area contributed by atoms with Crippen molar-refractivity contribution in [1.82, 2.24) is 0 Å². The predicted octanol–water partition coefficient (Wildman–Crippen LogP) is 7.57. The Morgan fingerprint density at radius 3 is 2.57 bits per heavy atom. The lowest BCUT2D eigenvalue weighted by atomic mass is 9.88. The molecule has 1 unspecified atom stereocenters. The first-order valence-electron chi connectivity index (χ1n) is 11.1. The number of hydrogen-bond acceptors (Lipinski definition) is 3. The highest BCUT2D eigenvalue weighted by Gasteiger charge is 2.34. The fraction of sp³-hybridized carbons (Fsp3) is 0.407. The summed E-state index contributed by atoms with van der Waals surface area (Å²) in [6, 6.07) is 6.42. The monoisotopic (exact) mass is 405 g/mol. The number of aryl methyl sites for hydroxylation is 1. The number of rotatable bonds is 1. The minimum Gasteiger partial charge on any atom is -0.472 e. The molecule has 4 rings (SSSR count). The second-order valence-electron chi connectivity index (χ2n) is 8.17. The van der Waals surface area contributed by atoms with E-state index in [1.807, 2.05) is 13.8 Å². The number of hydrogen-bond donors (Lipinski definition) is 0. The summed E-state index contributed by atoms with van der Waals surface area (Å²) in [7, 11) is 0. The molecule has 1 aromatic carbocycles. The van der Waals surface area contributed by atoms with Gasteiger partial charge in [0.05, 0.1) is 5.69 Å². The van der Waals surface area contributed by atoms with Crippen LogP contribution in [0, 0.1) is 12.8 Å². The summed E-state index contributed by atoms with van der Waals surface area (Å²) in [5, 5.41) is 0. The van der Waals surface area contributed by atoms with Crippen LogP contribution in [0.3, 0.4) is 0 Å². The van der Waals surface area contributed by atoms with E-state index >= 15 is 0 Å². The first-order valence-corrected chi connectivity index (χ1v) is 11.1. The van der Waals surface area contributed by atoms with Gasteiger partial charge >= 0.3 is 0 Å². The molecule has 1 atom stereocenters. The molecule has 3 aliphatic rings. The van der Waals surface area contributed by atoms with Crippen LogP contribution >= 0.6 is 0 Å². The molecule has 0 fully saturated rings. The summed E-state index contributed by atoms with van der Waals surface area (Å²) < 4.78 is 12.7. The summed E-state index contributed by atoms with van der Waals surface area (Å²) in [5.41, 5.74) is 7.50. The molecule has 0 N–H and O–H groups in total. The maximum absolute atomic E-state index is 6.37. The van der Waals surface area contributed by atoms with Crippen LogP contribution in [0.25, 0.3) is 0 Å². The third kappa shape index (κ3) is 4.40. The molecule has 0 aromatic heterocycles. The lowest BCUT2D eigenvalue weighted by Crippen LogP contribution is -2.34. The van der Waals surface area contributed by atoms with E-state index in [0.717, 1.165) is 29.5 Å². The van der Waals surface area contributed by atoms with Crippen molar-refractivity contribution in [2.24, 2.45) is 5.92 Å². The molecule has 0 amide bonds. The minimum absolute atomic E-state index is 0.412. The Labute approximate surface area is 182 Å². The zero-order valence-electron chi connectivity index (χ0n) is 19.5. The van der Waals surface area contributed by atoms with Gasteiger partial charge in [-0.3, -0.25) is 4.90 Å². The average molecular weight is 406 g/mol. The van der Waals surface area contributed by atoms with Crippen molar-refractivity contribution < 1.29 is 9.47 Å². The summed E-state index contributed by atoms with van der Waals surface area (Å²) >= 11 is 0. The first-order chi connectivity index (χ1) is 14.4. The normalized spacial score (nSPS) is 23.7. The molecule has 1 aliphatic carbocycles. The van der Waals surface area contributed by atoms with Gasteiger partial charge in [-0.2, -0.15) is 0 Å². The lowest BCUT2D eigenvalue weighted by molar-refractivity contribution is 0.207. The second kappa shape index (κ2) is 9.42. The van der Waals surface area contributed by atoms with Crippen LogP contribution in [-0.2, 0) is 4.74 Å². The zero-order chi connectivity index (χ0) is 21.8. The Bertz CT molecular complexity index is 959. The highest BCUT2D eigenvalue weighted by molar-refractivity contribution is 5.70. The van der Waals surface area contributed by atoms with Crippen molar-refractivity contribution >= 4 is 5.69 Å². The molecule has 3 heteroatoms. The smallest absolute Gasteiger partial charge is 0.239 e. The zero-order valence-corrected chi connectivity index (χ0v) is 19.5. The molecule has 0 radical (unpaired) electrons. The SMILES string of the molecule is CC.CC1=CC(C)=C(N2C3=C(C/C=C(C)\C=C/CO3)Oc3cc(C)ccc32)C(C)C1. The number of nitrogens with zero attached hydrogens (tertiary/aromatic N) is 1. The molecule has 0 spiro atoms. The van der Waals surface area contributed by atoms with E-state index in [4.69, 9.17) is 9.47 Å². The van der Waals surface area contributed by atoms with Gasteiger partial charge in [0.25, 0.3) is 0 Å². The van der Waals surface area contributed by atoms with E-state index in [9.17, 15) is 0 Å². The van der Waals surface area contributed by atoms with Crippen molar-refractivity contribution in [2.75, 3.05) is 11.5 Å². The number of benzene rings is 1. The Balaban J connectivity index is 0.00000124. The van der Waals surface area contributed by atoms with Crippen molar-refractivity contribution in [1.29, 1.82) is 0 Å². The van der Waals surface area contributed by atoms with Gasteiger partial charge in [0.2, 0.25) is 5.88 Å². The van der Waals surface area contributed by atoms with Gasteiger partial charge in [-0.05, 0) is 63.5 Å². The van der Waals surface area contributed by atoms with Gasteiger partial charge in [0.15, 0.2) is 11.5 Å². The maximum atomic E-state index is 6.37. The van der Waals surface area contributed by atoms with E-state index in [1.54, 1.807) is 0 Å². The Kier molecular flexibility index (Phi) is 6.91. The Hall–Kier alpha value is -2.68. The molecule has 1 aromatic rings. The second-order valence-corrected chi connectivity index (χ2v) is 8.17. The summed E-state index contributed by atoms with van der Waals surface area (Å²) in [4.78, 5) is 2.30. The molecule has 0 saturated carbocycles. The van der Waals surface area contributed by atoms with Crippen LogP contribution < -0.4 is 9.64 Å². The van der Waals surface area contributed by atoms with E-state index in [2.05, 4.69) is 82.0 Å². The lowest BCUT2D eigenvalue weighted by Gasteiger charge is -2.39. The maximum Gasteiger partial charge on any atom is 0.239 e. The van der Waals surface area contributed by atoms with Crippen molar-refractivity contribution in [3.05, 3.63) is 82.1 Å². The molecule has 3 nitrogen and oxygen atoms in total. The fourth-order valence-electron chi connectivity index (χ4n) is 4.36. The van der Waals surface area contributed by atoms with Crippen LogP contribution in [0.1, 0.15) is 59.9 Å². The summed E-state index contributed by atoms with van der Waals surface area (Å²) in [6.07, 6.45) is 10.5. The molecule has 2 heterocycles. The van der Waals surface area contributed by atoms with E-state index in [1.165, 1.54) is 28.0 Å². The summed E-state index contributed by atoms with van der Waals surface area (Å²) in [5.74, 6) is 3.01. The molecule has 160 valence electrons. The van der Waals surface area contributed by atoms with E-state index in [0.29, 0.717) is 18.9 Å². The molecule has 30 heavy (non-hydrogen) atoms. The average Bonchev–Trinajstić information content (AvgIpc) is 2.79. The van der Waals surface area contributed by atoms with Crippen LogP contribution in [0.5, 0.6) is 5.75 Å². The van der Waals surface area contributed by atoms with E-state index < -0.39 is 0 Å². The third-order valence-corrected chi connectivity index (χ3v) is 5.54. The molecule has 2 aliphatic heterocycles. The van der Waals surface area contributed by atoms with Crippen LogP contribution in [0.4, 0.5) is 5.69 Å². The molecule has 0 saturated heterocycles. The molecular formula is C27H35NO2. The van der Waals surface area contributed by atoms with Crippen LogP contribution in [0.15, 0.2) is 76.6 Å². The Morgan fingerprint density at radius 1 is 1.07 bits per heavy atom. The number of ether oxygens (including phenoxy) is 2. The van der Waals surface area contributed by atoms with Crippen molar-refractivity contribution in [3.8, 4) is 5.75 Å². The number of anilines is 1. The Morgan fingerprint density at radius 2 is 1.83 bits per heavy atom. The predicted molar refractivity (Wildman–Crippen MR) is 126 cm³/mol. The van der Waals surface area contributed by atoms with E-state index in [-0.39, 0.29) is 0 Å². The van der Waals surface area contributed by atoms with Gasteiger partial charge in [0, 0.05) is 18.0 Å². The molecular weight excluding hydrogens is 370 g/mol. The summed E-state index contributed by atoms with van der Waals surface area (Å²) in [6.45, 7) is 15.5. The quantitative estimate of drug-likeness (QED) is 0.481. The molecule has 0 bridgehead atoms.